The number of hydrogen-bond donors (Lipinski definition) is 1. The van der Waals surface area contributed by atoms with Crippen LogP contribution in [0.15, 0.2) is 70.3 Å². The Kier molecular flexibility index (Phi) is 5.92. The number of hydrogen-bond acceptors (Lipinski definition) is 4. The highest BCUT2D eigenvalue weighted by molar-refractivity contribution is 7.94. The van der Waals surface area contributed by atoms with Crippen molar-refractivity contribution in [3.05, 3.63) is 82.7 Å². The largest absolute Gasteiger partial charge is 0.335 e. The molecular weight excluding hydrogens is 416 g/mol. The molecule has 0 radical (unpaired) electrons. The monoisotopic (exact) mass is 440 g/mol. The van der Waals surface area contributed by atoms with E-state index in [9.17, 15) is 13.2 Å². The maximum Gasteiger partial charge on any atom is 0.271 e. The summed E-state index contributed by atoms with van der Waals surface area (Å²) in [6.45, 7) is 2.83. The fraction of sp³-hybridized carbons (Fsp3) is 0.261. The molecule has 0 aliphatic carbocycles. The number of anilines is 1. The predicted molar refractivity (Wildman–Crippen MR) is 120 cm³/mol. The van der Waals surface area contributed by atoms with Gasteiger partial charge in [0.1, 0.15) is 4.21 Å². The summed E-state index contributed by atoms with van der Waals surface area (Å²) in [7, 11) is -3.57. The van der Waals surface area contributed by atoms with Crippen molar-refractivity contribution < 1.29 is 13.2 Å². The van der Waals surface area contributed by atoms with Gasteiger partial charge >= 0.3 is 0 Å². The topological polar surface area (TPSA) is 66.5 Å². The third-order valence-electron chi connectivity index (χ3n) is 5.36. The molecule has 4 rings (SSSR count). The van der Waals surface area contributed by atoms with Crippen LogP contribution in [0.2, 0.25) is 0 Å². The van der Waals surface area contributed by atoms with Crippen LogP contribution in [-0.4, -0.2) is 25.8 Å². The van der Waals surface area contributed by atoms with E-state index in [2.05, 4.69) is 35.9 Å². The predicted octanol–water partition coefficient (Wildman–Crippen LogP) is 4.76. The Labute approximate surface area is 181 Å². The van der Waals surface area contributed by atoms with Crippen molar-refractivity contribution in [2.75, 3.05) is 11.3 Å². The highest BCUT2D eigenvalue weighted by Gasteiger charge is 2.29. The molecule has 3 aromatic rings. The van der Waals surface area contributed by atoms with Gasteiger partial charge in [0.05, 0.1) is 12.5 Å². The summed E-state index contributed by atoms with van der Waals surface area (Å²) in [5.74, 6) is 0.102. The van der Waals surface area contributed by atoms with E-state index < -0.39 is 10.0 Å². The molecule has 7 heteroatoms. The highest BCUT2D eigenvalue weighted by Crippen LogP contribution is 2.32. The van der Waals surface area contributed by atoms with Crippen LogP contribution >= 0.6 is 11.3 Å². The number of sulfonamides is 1. The smallest absolute Gasteiger partial charge is 0.271 e. The summed E-state index contributed by atoms with van der Waals surface area (Å²) in [5, 5.41) is 1.73. The van der Waals surface area contributed by atoms with Gasteiger partial charge in [0.15, 0.2) is 0 Å². The first-order valence-corrected chi connectivity index (χ1v) is 12.3. The fourth-order valence-electron chi connectivity index (χ4n) is 3.79. The Morgan fingerprint density at radius 1 is 1.10 bits per heavy atom. The van der Waals surface area contributed by atoms with Crippen LogP contribution in [-0.2, 0) is 21.2 Å². The molecule has 1 aliphatic heterocycles. The third kappa shape index (κ3) is 4.57. The number of rotatable bonds is 6. The summed E-state index contributed by atoms with van der Waals surface area (Å²) < 4.78 is 27.5. The molecule has 156 valence electrons. The third-order valence-corrected chi connectivity index (χ3v) is 8.14. The molecule has 2 aromatic carbocycles. The molecule has 0 saturated carbocycles. The maximum absolute atomic E-state index is 13.0. The van der Waals surface area contributed by atoms with Crippen LogP contribution in [0, 0.1) is 6.92 Å². The Balaban J connectivity index is 1.41. The van der Waals surface area contributed by atoms with Crippen molar-refractivity contribution in [2.45, 2.75) is 36.4 Å². The molecule has 1 amide bonds. The second-order valence-electron chi connectivity index (χ2n) is 7.57. The molecule has 1 unspecified atom stereocenters. The van der Waals surface area contributed by atoms with Crippen molar-refractivity contribution in [3.8, 4) is 0 Å². The van der Waals surface area contributed by atoms with E-state index in [1.54, 1.807) is 41.8 Å². The molecular formula is C23H24N2O3S2. The number of carbonyl (C=O) groups excluding carboxylic acids is 1. The number of aryl methyl sites for hydroxylation is 1. The van der Waals surface area contributed by atoms with Crippen LogP contribution in [0.1, 0.15) is 35.6 Å². The van der Waals surface area contributed by atoms with Crippen LogP contribution in [0.4, 0.5) is 5.69 Å². The molecule has 1 fully saturated rings. The van der Waals surface area contributed by atoms with Crippen LogP contribution < -0.4 is 4.72 Å². The van der Waals surface area contributed by atoms with E-state index >= 15 is 0 Å². The summed E-state index contributed by atoms with van der Waals surface area (Å²) >= 11 is 1.17. The number of thiophene rings is 1. The van der Waals surface area contributed by atoms with Crippen LogP contribution in [0.25, 0.3) is 0 Å². The van der Waals surface area contributed by atoms with E-state index in [0.29, 0.717) is 12.1 Å². The van der Waals surface area contributed by atoms with Gasteiger partial charge in [-0.3, -0.25) is 9.52 Å². The fourth-order valence-corrected chi connectivity index (χ4v) is 5.84. The Morgan fingerprint density at radius 3 is 2.50 bits per heavy atom. The number of nitrogens with zero attached hydrogens (tertiary/aromatic N) is 1. The molecule has 1 atom stereocenters. The Bertz CT molecular complexity index is 1110. The van der Waals surface area contributed by atoms with Crippen LogP contribution in [0.3, 0.4) is 0 Å². The summed E-state index contributed by atoms with van der Waals surface area (Å²) in [6.07, 6.45) is 2.30. The molecule has 1 saturated heterocycles. The van der Waals surface area contributed by atoms with Gasteiger partial charge in [-0.2, -0.15) is 0 Å². The SMILES string of the molecule is Cc1ccc(C2CCCN2C(=O)Cc2ccc(NS(=O)(=O)c3cccs3)cc2)cc1. The van der Waals surface area contributed by atoms with Crippen LogP contribution in [0.5, 0.6) is 0 Å². The van der Waals surface area contributed by atoms with E-state index in [1.165, 1.54) is 22.5 Å². The Hall–Kier alpha value is -2.64. The Morgan fingerprint density at radius 2 is 1.83 bits per heavy atom. The zero-order chi connectivity index (χ0) is 21.1. The van der Waals surface area contributed by atoms with Gasteiger partial charge in [-0.05, 0) is 54.5 Å². The van der Waals surface area contributed by atoms with Crippen molar-refractivity contribution in [1.82, 2.24) is 4.90 Å². The molecule has 1 N–H and O–H groups in total. The lowest BCUT2D eigenvalue weighted by molar-refractivity contribution is -0.131. The van der Waals surface area contributed by atoms with Gasteiger partial charge in [0.2, 0.25) is 5.91 Å². The van der Waals surface area contributed by atoms with E-state index in [0.717, 1.165) is 24.9 Å². The first-order valence-electron chi connectivity index (χ1n) is 9.94. The van der Waals surface area contributed by atoms with Gasteiger partial charge in [-0.1, -0.05) is 48.0 Å². The summed E-state index contributed by atoms with van der Waals surface area (Å²) in [6, 6.07) is 18.8. The van der Waals surface area contributed by atoms with Crippen molar-refractivity contribution >= 4 is 33.0 Å². The van der Waals surface area contributed by atoms with E-state index in [-0.39, 0.29) is 16.2 Å². The average molecular weight is 441 g/mol. The second-order valence-corrected chi connectivity index (χ2v) is 10.4. The molecule has 1 aliphatic rings. The molecule has 1 aromatic heterocycles. The number of carbonyl (C=O) groups is 1. The van der Waals surface area contributed by atoms with Crippen molar-refractivity contribution in [2.24, 2.45) is 0 Å². The van der Waals surface area contributed by atoms with Crippen molar-refractivity contribution in [1.29, 1.82) is 0 Å². The van der Waals surface area contributed by atoms with E-state index in [1.807, 2.05) is 4.90 Å². The number of nitrogens with one attached hydrogen (secondary N) is 1. The summed E-state index contributed by atoms with van der Waals surface area (Å²) in [4.78, 5) is 14.9. The highest BCUT2D eigenvalue weighted by atomic mass is 32.2. The number of amides is 1. The molecule has 0 spiro atoms. The zero-order valence-corrected chi connectivity index (χ0v) is 18.4. The van der Waals surface area contributed by atoms with Crippen molar-refractivity contribution in [3.63, 3.8) is 0 Å². The van der Waals surface area contributed by atoms with Gasteiger partial charge < -0.3 is 4.90 Å². The quantitative estimate of drug-likeness (QED) is 0.601. The number of benzene rings is 2. The molecule has 5 nitrogen and oxygen atoms in total. The molecule has 0 bridgehead atoms. The minimum absolute atomic E-state index is 0.102. The average Bonchev–Trinajstić information content (AvgIpc) is 3.42. The molecule has 2 heterocycles. The second kappa shape index (κ2) is 8.62. The zero-order valence-electron chi connectivity index (χ0n) is 16.7. The lowest BCUT2D eigenvalue weighted by atomic mass is 10.0. The van der Waals surface area contributed by atoms with Gasteiger partial charge in [0.25, 0.3) is 10.0 Å². The lowest BCUT2D eigenvalue weighted by Crippen LogP contribution is -2.31. The van der Waals surface area contributed by atoms with Gasteiger partial charge in [-0.25, -0.2) is 8.42 Å². The summed E-state index contributed by atoms with van der Waals surface area (Å²) in [5.41, 5.74) is 3.75. The normalized spacial score (nSPS) is 16.6. The first-order chi connectivity index (χ1) is 14.4. The molecule has 30 heavy (non-hydrogen) atoms. The van der Waals surface area contributed by atoms with Gasteiger partial charge in [0, 0.05) is 12.2 Å². The minimum atomic E-state index is -3.57. The first kappa shape index (κ1) is 20.6. The standard InChI is InChI=1S/C23H24N2O3S2/c1-17-6-10-19(11-7-17)21-4-2-14-25(21)22(26)16-18-8-12-20(13-9-18)24-30(27,28)23-5-3-15-29-23/h3,5-13,15,21,24H,2,4,14,16H2,1H3. The van der Waals surface area contributed by atoms with Gasteiger partial charge in [-0.15, -0.1) is 11.3 Å². The number of likely N-dealkylation sites (tertiary alicyclic amines) is 1. The lowest BCUT2D eigenvalue weighted by Gasteiger charge is -2.25. The van der Waals surface area contributed by atoms with E-state index in [4.69, 9.17) is 0 Å². The minimum Gasteiger partial charge on any atom is -0.335 e. The maximum atomic E-state index is 13.0.